The molecule has 1 unspecified atom stereocenters. The third kappa shape index (κ3) is 3.78. The number of piperazine rings is 1. The van der Waals surface area contributed by atoms with Crippen LogP contribution in [0, 0.1) is 0 Å². The monoisotopic (exact) mass is 475 g/mol. The molecule has 1 spiro atoms. The second-order valence-corrected chi connectivity index (χ2v) is 11.5. The van der Waals surface area contributed by atoms with Gasteiger partial charge in [0.05, 0.1) is 5.69 Å². The van der Waals surface area contributed by atoms with Gasteiger partial charge < -0.3 is 25.4 Å². The van der Waals surface area contributed by atoms with E-state index in [2.05, 4.69) is 21.6 Å². The largest absolute Gasteiger partial charge is 0.508 e. The van der Waals surface area contributed by atoms with Crippen LogP contribution in [0.25, 0.3) is 0 Å². The van der Waals surface area contributed by atoms with Crippen LogP contribution in [0.3, 0.4) is 0 Å². The maximum Gasteiger partial charge on any atom is 0.318 e. The average Bonchev–Trinajstić information content (AvgIpc) is 3.48. The number of aromatic nitrogens is 2. The first-order chi connectivity index (χ1) is 17.2. The Kier molecular flexibility index (Phi) is 5.39. The summed E-state index contributed by atoms with van der Waals surface area (Å²) in [5.74, 6) is 1.52. The van der Waals surface area contributed by atoms with Crippen molar-refractivity contribution in [3.63, 3.8) is 0 Å². The summed E-state index contributed by atoms with van der Waals surface area (Å²) in [7, 11) is 0. The van der Waals surface area contributed by atoms with E-state index in [9.17, 15) is 5.11 Å². The summed E-state index contributed by atoms with van der Waals surface area (Å²) in [6, 6.07) is 7.98. The molecule has 3 saturated heterocycles. The van der Waals surface area contributed by atoms with Crippen LogP contribution in [-0.4, -0.2) is 59.4 Å². The molecule has 3 fully saturated rings. The topological polar surface area (TPSA) is 82.5 Å². The van der Waals surface area contributed by atoms with Crippen molar-refractivity contribution in [2.24, 2.45) is 0 Å². The van der Waals surface area contributed by atoms with E-state index in [4.69, 9.17) is 14.7 Å². The smallest absolute Gasteiger partial charge is 0.318 e. The zero-order valence-electron chi connectivity index (χ0n) is 20.6. The lowest BCUT2D eigenvalue weighted by molar-refractivity contribution is 0.252. The molecule has 2 aromatic rings. The van der Waals surface area contributed by atoms with E-state index in [1.165, 1.54) is 48.1 Å². The third-order valence-electron chi connectivity index (χ3n) is 9.38. The van der Waals surface area contributed by atoms with Crippen molar-refractivity contribution in [2.75, 3.05) is 31.1 Å². The standard InChI is InChI=1S/C28H37N5O2/c34-22-8-5-18-3-1-10-28(24(18)13-22)11-9-23-25(14-28)31-27(35-17-19-4-2-12-30-19)32-26(23)33-20-6-7-21(33)16-29-15-20/h5,8,13,19-21,29-30,34H,1-4,6-7,9-12,14-17H2/t19-,20-,21+,28?/m0/s1. The summed E-state index contributed by atoms with van der Waals surface area (Å²) >= 11 is 0. The van der Waals surface area contributed by atoms with Crippen LogP contribution in [0.2, 0.25) is 0 Å². The number of nitrogens with one attached hydrogen (secondary N) is 2. The Hall–Kier alpha value is -2.38. The number of anilines is 1. The Morgan fingerprint density at radius 3 is 2.77 bits per heavy atom. The predicted octanol–water partition coefficient (Wildman–Crippen LogP) is 3.02. The molecule has 35 heavy (non-hydrogen) atoms. The summed E-state index contributed by atoms with van der Waals surface area (Å²) in [5.41, 5.74) is 5.31. The number of hydrogen-bond acceptors (Lipinski definition) is 7. The quantitative estimate of drug-likeness (QED) is 0.627. The zero-order valence-corrected chi connectivity index (χ0v) is 20.6. The average molecular weight is 476 g/mol. The van der Waals surface area contributed by atoms with E-state index in [0.29, 0.717) is 36.5 Å². The fraction of sp³-hybridized carbons (Fsp3) is 0.643. The molecule has 1 aromatic carbocycles. The summed E-state index contributed by atoms with van der Waals surface area (Å²) in [4.78, 5) is 12.8. The second-order valence-electron chi connectivity index (χ2n) is 11.5. The van der Waals surface area contributed by atoms with Gasteiger partial charge in [-0.3, -0.25) is 0 Å². The number of aromatic hydroxyl groups is 1. The van der Waals surface area contributed by atoms with Crippen LogP contribution in [-0.2, 0) is 24.7 Å². The van der Waals surface area contributed by atoms with Crippen molar-refractivity contribution in [1.29, 1.82) is 0 Å². The molecule has 5 aliphatic rings. The molecule has 0 radical (unpaired) electrons. The highest BCUT2D eigenvalue weighted by atomic mass is 16.5. The van der Waals surface area contributed by atoms with Crippen LogP contribution in [0.5, 0.6) is 11.8 Å². The molecule has 4 atom stereocenters. The molecule has 1 aromatic heterocycles. The Morgan fingerprint density at radius 1 is 1.06 bits per heavy atom. The normalized spacial score (nSPS) is 31.4. The zero-order chi connectivity index (χ0) is 23.4. The fourth-order valence-corrected chi connectivity index (χ4v) is 7.62. The van der Waals surface area contributed by atoms with Gasteiger partial charge in [0.2, 0.25) is 0 Å². The van der Waals surface area contributed by atoms with Gasteiger partial charge >= 0.3 is 6.01 Å². The molecule has 3 aliphatic heterocycles. The van der Waals surface area contributed by atoms with Crippen molar-refractivity contribution in [3.05, 3.63) is 40.6 Å². The number of hydrogen-bond donors (Lipinski definition) is 3. The molecule has 0 saturated carbocycles. The predicted molar refractivity (Wildman–Crippen MR) is 135 cm³/mol. The van der Waals surface area contributed by atoms with Crippen molar-refractivity contribution >= 4 is 5.82 Å². The Labute approximate surface area is 207 Å². The highest BCUT2D eigenvalue weighted by Gasteiger charge is 2.44. The van der Waals surface area contributed by atoms with Crippen LogP contribution in [0.1, 0.15) is 67.3 Å². The van der Waals surface area contributed by atoms with E-state index < -0.39 is 0 Å². The van der Waals surface area contributed by atoms with E-state index >= 15 is 0 Å². The van der Waals surface area contributed by atoms with Crippen LogP contribution in [0.4, 0.5) is 5.82 Å². The van der Waals surface area contributed by atoms with Gasteiger partial charge in [0, 0.05) is 42.2 Å². The van der Waals surface area contributed by atoms with Crippen LogP contribution >= 0.6 is 0 Å². The number of nitrogens with zero attached hydrogens (tertiary/aromatic N) is 3. The summed E-state index contributed by atoms with van der Waals surface area (Å²) in [5, 5.41) is 17.5. The number of phenols is 1. The lowest BCUT2D eigenvalue weighted by Gasteiger charge is -2.44. The van der Waals surface area contributed by atoms with Gasteiger partial charge in [-0.2, -0.15) is 9.97 Å². The minimum Gasteiger partial charge on any atom is -0.508 e. The molecular weight excluding hydrogens is 438 g/mol. The molecule has 7 nitrogen and oxygen atoms in total. The molecule has 7 heteroatoms. The third-order valence-corrected chi connectivity index (χ3v) is 9.38. The lowest BCUT2D eigenvalue weighted by Crippen LogP contribution is -2.53. The molecule has 4 heterocycles. The van der Waals surface area contributed by atoms with Crippen molar-refractivity contribution in [2.45, 2.75) is 87.7 Å². The number of rotatable bonds is 4. The molecular formula is C28H37N5O2. The van der Waals surface area contributed by atoms with Gasteiger partial charge in [0.1, 0.15) is 18.2 Å². The highest BCUT2D eigenvalue weighted by molar-refractivity contribution is 5.56. The van der Waals surface area contributed by atoms with Gasteiger partial charge in [-0.25, -0.2) is 0 Å². The second kappa shape index (κ2) is 8.63. The Bertz CT molecular complexity index is 1100. The maximum absolute atomic E-state index is 10.3. The molecule has 0 amide bonds. The number of benzene rings is 1. The lowest BCUT2D eigenvalue weighted by atomic mass is 9.62. The first kappa shape index (κ1) is 21.9. The van der Waals surface area contributed by atoms with Crippen LogP contribution in [0.15, 0.2) is 18.2 Å². The van der Waals surface area contributed by atoms with Crippen molar-refractivity contribution in [3.8, 4) is 11.8 Å². The molecule has 3 N–H and O–H groups in total. The highest BCUT2D eigenvalue weighted by Crippen LogP contribution is 2.49. The van der Waals surface area contributed by atoms with Gasteiger partial charge in [-0.05, 0) is 94.0 Å². The SMILES string of the molecule is Oc1ccc2c(c1)C1(CCC2)CCc2c(nc(OC[C@@H]3CCCN3)nc2N2[C@@H]3CC[C@H]2CNC3)C1. The summed E-state index contributed by atoms with van der Waals surface area (Å²) < 4.78 is 6.28. The van der Waals surface area contributed by atoms with Gasteiger partial charge in [0.25, 0.3) is 0 Å². The molecule has 2 bridgehead atoms. The van der Waals surface area contributed by atoms with E-state index in [-0.39, 0.29) is 5.41 Å². The minimum absolute atomic E-state index is 0.0532. The first-order valence-electron chi connectivity index (χ1n) is 13.8. The van der Waals surface area contributed by atoms with Gasteiger partial charge in [-0.1, -0.05) is 6.07 Å². The number of fused-ring (bicyclic) bond motifs is 5. The minimum atomic E-state index is 0.0532. The molecule has 186 valence electrons. The Morgan fingerprint density at radius 2 is 1.94 bits per heavy atom. The van der Waals surface area contributed by atoms with Gasteiger partial charge in [0.15, 0.2) is 0 Å². The number of aryl methyl sites for hydroxylation is 1. The van der Waals surface area contributed by atoms with E-state index in [1.54, 1.807) is 0 Å². The number of phenolic OH excluding ortho intramolecular Hbond substituents is 1. The number of ether oxygens (including phenoxy) is 1. The summed E-state index contributed by atoms with van der Waals surface area (Å²) in [6.07, 6.45) is 11.3. The first-order valence-corrected chi connectivity index (χ1v) is 13.8. The van der Waals surface area contributed by atoms with Crippen molar-refractivity contribution in [1.82, 2.24) is 20.6 Å². The van der Waals surface area contributed by atoms with Crippen LogP contribution < -0.4 is 20.3 Å². The maximum atomic E-state index is 10.3. The summed E-state index contributed by atoms with van der Waals surface area (Å²) in [6.45, 7) is 3.78. The van der Waals surface area contributed by atoms with Gasteiger partial charge in [-0.15, -0.1) is 0 Å². The fourth-order valence-electron chi connectivity index (χ4n) is 7.62. The van der Waals surface area contributed by atoms with E-state index in [1.807, 2.05) is 12.1 Å². The Balaban J connectivity index is 1.27. The van der Waals surface area contributed by atoms with E-state index in [0.717, 1.165) is 64.0 Å². The van der Waals surface area contributed by atoms with Crippen molar-refractivity contribution < 1.29 is 9.84 Å². The molecule has 7 rings (SSSR count). The molecule has 2 aliphatic carbocycles.